The molecule has 3 unspecified atom stereocenters. The van der Waals surface area contributed by atoms with Gasteiger partial charge in [-0.25, -0.2) is 8.42 Å². The summed E-state index contributed by atoms with van der Waals surface area (Å²) in [5.74, 6) is -0.110. The molecule has 1 saturated heterocycles. The van der Waals surface area contributed by atoms with Crippen LogP contribution in [0.25, 0.3) is 0 Å². The summed E-state index contributed by atoms with van der Waals surface area (Å²) in [4.78, 5) is 2.44. The number of sulfonamides is 1. The van der Waals surface area contributed by atoms with Crippen LogP contribution in [0, 0.1) is 5.92 Å². The van der Waals surface area contributed by atoms with E-state index in [1.165, 1.54) is 6.42 Å². The molecule has 41 heavy (non-hydrogen) atoms. The SMILES string of the molecule is CCN1CCC(Nc2ccc(NS(=O)(=O)CC)cc2C2c3ccccc3NC(C3CCCCC3)C2N=S(=O)=O)CC1. The molecule has 0 radical (unpaired) electrons. The van der Waals surface area contributed by atoms with Crippen LogP contribution in [0.2, 0.25) is 0 Å². The molecule has 3 atom stereocenters. The second-order valence-electron chi connectivity index (χ2n) is 11.6. The van der Waals surface area contributed by atoms with Crippen molar-refractivity contribution in [3.05, 3.63) is 53.6 Å². The number of para-hydroxylation sites is 1. The van der Waals surface area contributed by atoms with Gasteiger partial charge in [-0.15, -0.1) is 0 Å². The van der Waals surface area contributed by atoms with Crippen LogP contribution in [-0.2, 0) is 20.5 Å². The minimum Gasteiger partial charge on any atom is -0.382 e. The number of rotatable bonds is 9. The Balaban J connectivity index is 1.63. The van der Waals surface area contributed by atoms with Crippen LogP contribution in [0.1, 0.15) is 75.8 Å². The molecule has 0 bridgehead atoms. The molecule has 224 valence electrons. The Kier molecular flexibility index (Phi) is 9.56. The van der Waals surface area contributed by atoms with Crippen molar-refractivity contribution in [3.63, 3.8) is 0 Å². The summed E-state index contributed by atoms with van der Waals surface area (Å²) in [6.45, 7) is 6.87. The predicted octanol–water partition coefficient (Wildman–Crippen LogP) is 5.28. The predicted molar refractivity (Wildman–Crippen MR) is 166 cm³/mol. The minimum absolute atomic E-state index is 0.0363. The Morgan fingerprint density at radius 3 is 2.39 bits per heavy atom. The van der Waals surface area contributed by atoms with Gasteiger partial charge in [-0.05, 0) is 80.5 Å². The number of likely N-dealkylation sites (tertiary alicyclic amines) is 1. The third-order valence-electron chi connectivity index (χ3n) is 9.13. The summed E-state index contributed by atoms with van der Waals surface area (Å²) < 4.78 is 56.6. The molecule has 1 aliphatic carbocycles. The molecular weight excluding hydrogens is 558 g/mol. The Morgan fingerprint density at radius 1 is 0.976 bits per heavy atom. The van der Waals surface area contributed by atoms with Crippen molar-refractivity contribution < 1.29 is 16.8 Å². The summed E-state index contributed by atoms with van der Waals surface area (Å²) in [6.07, 6.45) is 7.51. The van der Waals surface area contributed by atoms with Crippen LogP contribution in [0.15, 0.2) is 46.8 Å². The molecule has 0 amide bonds. The number of nitrogens with one attached hydrogen (secondary N) is 3. The van der Waals surface area contributed by atoms with E-state index in [1.807, 2.05) is 30.3 Å². The van der Waals surface area contributed by atoms with Crippen LogP contribution < -0.4 is 15.4 Å². The van der Waals surface area contributed by atoms with Crippen LogP contribution >= 0.6 is 0 Å². The van der Waals surface area contributed by atoms with E-state index in [0.717, 1.165) is 80.7 Å². The van der Waals surface area contributed by atoms with Crippen molar-refractivity contribution in [2.75, 3.05) is 40.7 Å². The van der Waals surface area contributed by atoms with Crippen LogP contribution in [0.3, 0.4) is 0 Å². The summed E-state index contributed by atoms with van der Waals surface area (Å²) in [7, 11) is -6.10. The first-order valence-electron chi connectivity index (χ1n) is 15.1. The number of fused-ring (bicyclic) bond motifs is 1. The number of hydrogen-bond acceptors (Lipinski definition) is 8. The molecule has 2 aromatic rings. The number of anilines is 3. The highest BCUT2D eigenvalue weighted by Crippen LogP contribution is 2.47. The van der Waals surface area contributed by atoms with Gasteiger partial charge in [-0.1, -0.05) is 44.4 Å². The highest BCUT2D eigenvalue weighted by Gasteiger charge is 2.43. The van der Waals surface area contributed by atoms with Gasteiger partial charge in [0.2, 0.25) is 10.0 Å². The number of benzene rings is 2. The Morgan fingerprint density at radius 2 is 1.71 bits per heavy atom. The third kappa shape index (κ3) is 7.06. The van der Waals surface area contributed by atoms with E-state index in [1.54, 1.807) is 13.0 Å². The monoisotopic (exact) mass is 601 g/mol. The molecule has 5 rings (SSSR count). The normalized spacial score (nSPS) is 24.2. The first kappa shape index (κ1) is 29.8. The lowest BCUT2D eigenvalue weighted by Gasteiger charge is -2.43. The summed E-state index contributed by atoms with van der Waals surface area (Å²) in [6, 6.07) is 13.2. The Hall–Kier alpha value is -2.63. The quantitative estimate of drug-likeness (QED) is 0.358. The van der Waals surface area contributed by atoms with Crippen LogP contribution in [0.5, 0.6) is 0 Å². The van der Waals surface area contributed by atoms with E-state index < -0.39 is 26.6 Å². The fourth-order valence-corrected chi connectivity index (χ4v) is 7.99. The van der Waals surface area contributed by atoms with E-state index in [-0.39, 0.29) is 23.8 Å². The lowest BCUT2D eigenvalue weighted by Crippen LogP contribution is -2.47. The average Bonchev–Trinajstić information content (AvgIpc) is 2.98. The van der Waals surface area contributed by atoms with Crippen molar-refractivity contribution in [2.45, 2.75) is 82.8 Å². The number of hydrogen-bond donors (Lipinski definition) is 3. The Bertz CT molecular complexity index is 1440. The van der Waals surface area contributed by atoms with Crippen LogP contribution in [0.4, 0.5) is 17.1 Å². The summed E-state index contributed by atoms with van der Waals surface area (Å²) >= 11 is 0. The van der Waals surface area contributed by atoms with Gasteiger partial charge < -0.3 is 15.5 Å². The molecule has 3 N–H and O–H groups in total. The molecule has 11 heteroatoms. The van der Waals surface area contributed by atoms with Gasteiger partial charge >= 0.3 is 10.5 Å². The van der Waals surface area contributed by atoms with E-state index in [9.17, 15) is 16.8 Å². The second-order valence-corrected chi connectivity index (χ2v) is 14.3. The lowest BCUT2D eigenvalue weighted by atomic mass is 9.71. The molecule has 2 fully saturated rings. The third-order valence-corrected chi connectivity index (χ3v) is 10.8. The maximum Gasteiger partial charge on any atom is 0.311 e. The molecule has 0 aromatic heterocycles. The zero-order chi connectivity index (χ0) is 29.0. The van der Waals surface area contributed by atoms with Crippen molar-refractivity contribution in [1.82, 2.24) is 4.90 Å². The highest BCUT2D eigenvalue weighted by atomic mass is 32.2. The van der Waals surface area contributed by atoms with Crippen LogP contribution in [-0.4, -0.2) is 65.2 Å². The van der Waals surface area contributed by atoms with Crippen molar-refractivity contribution >= 4 is 37.6 Å². The van der Waals surface area contributed by atoms with Crippen molar-refractivity contribution in [2.24, 2.45) is 10.3 Å². The van der Waals surface area contributed by atoms with Gasteiger partial charge in [-0.3, -0.25) is 4.72 Å². The zero-order valence-corrected chi connectivity index (χ0v) is 25.7. The lowest BCUT2D eigenvalue weighted by molar-refractivity contribution is 0.229. The maximum atomic E-state index is 12.5. The molecule has 2 aromatic carbocycles. The minimum atomic E-state index is -3.50. The first-order valence-corrected chi connectivity index (χ1v) is 17.8. The van der Waals surface area contributed by atoms with Gasteiger partial charge in [0.15, 0.2) is 0 Å². The van der Waals surface area contributed by atoms with Gasteiger partial charge in [0.1, 0.15) is 0 Å². The smallest absolute Gasteiger partial charge is 0.311 e. The first-order chi connectivity index (χ1) is 19.8. The molecule has 3 aliphatic rings. The molecular formula is C30H43N5O4S2. The topological polar surface area (TPSA) is 120 Å². The van der Waals surface area contributed by atoms with Gasteiger partial charge in [0, 0.05) is 42.1 Å². The van der Waals surface area contributed by atoms with E-state index >= 15 is 0 Å². The number of piperidine rings is 1. The van der Waals surface area contributed by atoms with Crippen molar-refractivity contribution in [3.8, 4) is 0 Å². The fourth-order valence-electron chi connectivity index (χ4n) is 6.90. The van der Waals surface area contributed by atoms with Gasteiger partial charge in [0.05, 0.1) is 17.8 Å². The molecule has 1 saturated carbocycles. The van der Waals surface area contributed by atoms with Crippen molar-refractivity contribution in [1.29, 1.82) is 0 Å². The second kappa shape index (κ2) is 13.1. The zero-order valence-electron chi connectivity index (χ0n) is 24.1. The van der Waals surface area contributed by atoms with E-state index in [0.29, 0.717) is 11.6 Å². The molecule has 2 aliphatic heterocycles. The standard InChI is InChI=1S/C30H43N5O4S2/c1-3-35-18-16-22(17-19-35)31-27-15-14-23(34-41(38,39)4-2)20-25(27)28-24-12-8-9-13-26(24)32-29(30(28)33-40(36)37)21-10-6-5-7-11-21/h8-9,12-15,20-22,28-32,34H,3-7,10-11,16-19H2,1-2H3. The molecule has 2 heterocycles. The van der Waals surface area contributed by atoms with Gasteiger partial charge in [-0.2, -0.15) is 12.8 Å². The fraction of sp³-hybridized carbons (Fsp3) is 0.600. The number of nitrogens with zero attached hydrogens (tertiary/aromatic N) is 2. The molecule has 0 spiro atoms. The van der Waals surface area contributed by atoms with E-state index in [4.69, 9.17) is 0 Å². The highest BCUT2D eigenvalue weighted by molar-refractivity contribution is 7.92. The molecule has 9 nitrogen and oxygen atoms in total. The maximum absolute atomic E-state index is 12.5. The average molecular weight is 602 g/mol. The van der Waals surface area contributed by atoms with E-state index in [2.05, 4.69) is 37.6 Å². The summed E-state index contributed by atoms with van der Waals surface area (Å²) in [5, 5.41) is 7.47. The van der Waals surface area contributed by atoms with Gasteiger partial charge in [0.25, 0.3) is 0 Å². The Labute approximate surface area is 246 Å². The summed E-state index contributed by atoms with van der Waals surface area (Å²) in [5.41, 5.74) is 4.20. The largest absolute Gasteiger partial charge is 0.382 e.